The van der Waals surface area contributed by atoms with Gasteiger partial charge in [0.2, 0.25) is 5.95 Å². The van der Waals surface area contributed by atoms with Crippen LogP contribution in [0.2, 0.25) is 0 Å². The Bertz CT molecular complexity index is 586. The largest absolute Gasteiger partial charge is 0.477 e. The molecule has 0 saturated carbocycles. The molecule has 2 aromatic rings. The van der Waals surface area contributed by atoms with Crippen LogP contribution in [0.5, 0.6) is 0 Å². The minimum Gasteiger partial charge on any atom is -0.477 e. The van der Waals surface area contributed by atoms with Gasteiger partial charge in [-0.1, -0.05) is 6.07 Å². The molecule has 0 aromatic carbocycles. The van der Waals surface area contributed by atoms with Gasteiger partial charge in [-0.05, 0) is 32.0 Å². The molecule has 98 valence electrons. The number of hydrogen-bond acceptors (Lipinski definition) is 5. The molecule has 0 saturated heterocycles. The number of carbonyl (C=O) groups is 1. The average molecular weight is 258 g/mol. The Kier molecular flexibility index (Phi) is 3.70. The van der Waals surface area contributed by atoms with Gasteiger partial charge in [-0.25, -0.2) is 14.8 Å². The van der Waals surface area contributed by atoms with Gasteiger partial charge in [-0.2, -0.15) is 0 Å². The fraction of sp³-hybridized carbons (Fsp3) is 0.231. The molecule has 0 spiro atoms. The van der Waals surface area contributed by atoms with Crippen molar-refractivity contribution in [1.82, 2.24) is 15.0 Å². The first-order chi connectivity index (χ1) is 9.06. The number of anilines is 1. The van der Waals surface area contributed by atoms with E-state index in [2.05, 4.69) is 20.3 Å². The van der Waals surface area contributed by atoms with Gasteiger partial charge in [-0.15, -0.1) is 0 Å². The highest BCUT2D eigenvalue weighted by Crippen LogP contribution is 2.14. The first kappa shape index (κ1) is 12.9. The first-order valence-electron chi connectivity index (χ1n) is 5.82. The summed E-state index contributed by atoms with van der Waals surface area (Å²) in [5.74, 6) is -0.783. The van der Waals surface area contributed by atoms with E-state index in [0.717, 1.165) is 5.69 Å². The van der Waals surface area contributed by atoms with E-state index in [9.17, 15) is 4.79 Å². The van der Waals surface area contributed by atoms with Crippen molar-refractivity contribution in [2.24, 2.45) is 0 Å². The Hall–Kier alpha value is -2.50. The van der Waals surface area contributed by atoms with Gasteiger partial charge in [0.05, 0.1) is 11.7 Å². The molecule has 0 aliphatic heterocycles. The summed E-state index contributed by atoms with van der Waals surface area (Å²) in [5, 5.41) is 12.0. The topological polar surface area (TPSA) is 88.0 Å². The average Bonchev–Trinajstić information content (AvgIpc) is 2.39. The quantitative estimate of drug-likeness (QED) is 0.872. The van der Waals surface area contributed by atoms with E-state index in [0.29, 0.717) is 5.69 Å². The minimum atomic E-state index is -1.07. The number of carboxylic acid groups (broad SMARTS) is 1. The number of carboxylic acids is 1. The van der Waals surface area contributed by atoms with Crippen molar-refractivity contribution in [3.63, 3.8) is 0 Å². The van der Waals surface area contributed by atoms with Crippen LogP contribution in [-0.4, -0.2) is 26.0 Å². The molecule has 2 rings (SSSR count). The highest BCUT2D eigenvalue weighted by atomic mass is 16.4. The van der Waals surface area contributed by atoms with Crippen LogP contribution in [-0.2, 0) is 0 Å². The third-order valence-electron chi connectivity index (χ3n) is 2.55. The number of pyridine rings is 1. The second-order valence-corrected chi connectivity index (χ2v) is 4.14. The highest BCUT2D eigenvalue weighted by molar-refractivity contribution is 5.85. The molecular formula is C13H14N4O2. The van der Waals surface area contributed by atoms with Gasteiger partial charge in [0, 0.05) is 11.9 Å². The molecule has 6 nitrogen and oxygen atoms in total. The van der Waals surface area contributed by atoms with Crippen LogP contribution in [0.4, 0.5) is 5.95 Å². The number of aromatic carboxylic acids is 1. The van der Waals surface area contributed by atoms with Gasteiger partial charge < -0.3 is 10.4 Å². The van der Waals surface area contributed by atoms with Crippen molar-refractivity contribution in [1.29, 1.82) is 0 Å². The zero-order valence-electron chi connectivity index (χ0n) is 10.7. The maximum Gasteiger partial charge on any atom is 0.354 e. The van der Waals surface area contributed by atoms with Crippen molar-refractivity contribution in [3.8, 4) is 0 Å². The zero-order chi connectivity index (χ0) is 13.8. The number of nitrogens with one attached hydrogen (secondary N) is 1. The lowest BCUT2D eigenvalue weighted by Gasteiger charge is -2.13. The molecule has 0 fully saturated rings. The summed E-state index contributed by atoms with van der Waals surface area (Å²) >= 11 is 0. The Morgan fingerprint density at radius 1 is 1.37 bits per heavy atom. The summed E-state index contributed by atoms with van der Waals surface area (Å²) in [6, 6.07) is 6.93. The Morgan fingerprint density at radius 2 is 2.16 bits per heavy atom. The third-order valence-corrected chi connectivity index (χ3v) is 2.55. The fourth-order valence-electron chi connectivity index (χ4n) is 1.64. The van der Waals surface area contributed by atoms with Gasteiger partial charge in [0.15, 0.2) is 5.69 Å². The molecular weight excluding hydrogens is 244 g/mol. The first-order valence-corrected chi connectivity index (χ1v) is 5.82. The molecule has 2 aromatic heterocycles. The summed E-state index contributed by atoms with van der Waals surface area (Å²) in [6.45, 7) is 3.64. The molecule has 0 radical (unpaired) electrons. The molecule has 1 atom stereocenters. The van der Waals surface area contributed by atoms with Crippen LogP contribution in [0, 0.1) is 6.92 Å². The van der Waals surface area contributed by atoms with E-state index in [-0.39, 0.29) is 17.7 Å². The third kappa shape index (κ3) is 3.25. The van der Waals surface area contributed by atoms with Crippen molar-refractivity contribution in [2.45, 2.75) is 19.9 Å². The standard InChI is InChI=1S/C13H14N4O2/c1-8-7-11(12(18)19)17-13(15-8)16-9(2)10-5-3-4-6-14-10/h3-7,9H,1-2H3,(H,18,19)(H,15,16,17). The van der Waals surface area contributed by atoms with Crippen LogP contribution < -0.4 is 5.32 Å². The second-order valence-electron chi connectivity index (χ2n) is 4.14. The Morgan fingerprint density at radius 3 is 2.79 bits per heavy atom. The van der Waals surface area contributed by atoms with Crippen LogP contribution in [0.25, 0.3) is 0 Å². The number of aromatic nitrogens is 3. The molecule has 2 N–H and O–H groups in total. The van der Waals surface area contributed by atoms with E-state index in [4.69, 9.17) is 5.11 Å². The van der Waals surface area contributed by atoms with Gasteiger partial charge in [0.25, 0.3) is 0 Å². The fourth-order valence-corrected chi connectivity index (χ4v) is 1.64. The predicted molar refractivity (Wildman–Crippen MR) is 70.0 cm³/mol. The summed E-state index contributed by atoms with van der Waals surface area (Å²) in [4.78, 5) is 23.3. The SMILES string of the molecule is Cc1cc(C(=O)O)nc(NC(C)c2ccccn2)n1. The monoisotopic (exact) mass is 258 g/mol. The number of hydrogen-bond donors (Lipinski definition) is 2. The summed E-state index contributed by atoms with van der Waals surface area (Å²) in [6.07, 6.45) is 1.70. The van der Waals surface area contributed by atoms with E-state index in [1.165, 1.54) is 6.07 Å². The maximum absolute atomic E-state index is 10.9. The maximum atomic E-state index is 10.9. The summed E-state index contributed by atoms with van der Waals surface area (Å²) in [7, 11) is 0. The van der Waals surface area contributed by atoms with Gasteiger partial charge in [-0.3, -0.25) is 4.98 Å². The van der Waals surface area contributed by atoms with Crippen LogP contribution in [0.3, 0.4) is 0 Å². The molecule has 0 aliphatic carbocycles. The number of rotatable bonds is 4. The molecule has 0 aliphatic rings. The normalized spacial score (nSPS) is 11.9. The smallest absolute Gasteiger partial charge is 0.354 e. The highest BCUT2D eigenvalue weighted by Gasteiger charge is 2.12. The lowest BCUT2D eigenvalue weighted by molar-refractivity contribution is 0.0690. The van der Waals surface area contributed by atoms with Crippen molar-refractivity contribution >= 4 is 11.9 Å². The van der Waals surface area contributed by atoms with Crippen molar-refractivity contribution in [3.05, 3.63) is 47.5 Å². The molecule has 0 bridgehead atoms. The predicted octanol–water partition coefficient (Wildman–Crippen LogP) is 2.05. The number of aryl methyl sites for hydroxylation is 1. The number of nitrogens with zero attached hydrogens (tertiary/aromatic N) is 3. The van der Waals surface area contributed by atoms with Crippen molar-refractivity contribution < 1.29 is 9.90 Å². The summed E-state index contributed by atoms with van der Waals surface area (Å²) in [5.41, 5.74) is 1.41. The molecule has 6 heteroatoms. The lowest BCUT2D eigenvalue weighted by Crippen LogP contribution is -2.13. The molecule has 19 heavy (non-hydrogen) atoms. The van der Waals surface area contributed by atoms with E-state index < -0.39 is 5.97 Å². The molecule has 1 unspecified atom stereocenters. The van der Waals surface area contributed by atoms with E-state index in [1.54, 1.807) is 13.1 Å². The summed E-state index contributed by atoms with van der Waals surface area (Å²) < 4.78 is 0. The van der Waals surface area contributed by atoms with E-state index in [1.807, 2.05) is 25.1 Å². The molecule has 2 heterocycles. The minimum absolute atomic E-state index is 0.0248. The Labute approximate surface area is 110 Å². The van der Waals surface area contributed by atoms with Gasteiger partial charge >= 0.3 is 5.97 Å². The van der Waals surface area contributed by atoms with E-state index >= 15 is 0 Å². The van der Waals surface area contributed by atoms with Crippen LogP contribution in [0.1, 0.15) is 34.8 Å². The second kappa shape index (κ2) is 5.43. The lowest BCUT2D eigenvalue weighted by atomic mass is 10.2. The van der Waals surface area contributed by atoms with Gasteiger partial charge in [0.1, 0.15) is 0 Å². The van der Waals surface area contributed by atoms with Crippen molar-refractivity contribution in [2.75, 3.05) is 5.32 Å². The Balaban J connectivity index is 2.21. The zero-order valence-corrected chi connectivity index (χ0v) is 10.7. The van der Waals surface area contributed by atoms with Crippen LogP contribution >= 0.6 is 0 Å². The molecule has 0 amide bonds. The van der Waals surface area contributed by atoms with Crippen LogP contribution in [0.15, 0.2) is 30.5 Å².